The number of hydrogen-bond donors (Lipinski definition) is 3. The van der Waals surface area contributed by atoms with Crippen LogP contribution in [-0.4, -0.2) is 34.9 Å². The first-order valence-corrected chi connectivity index (χ1v) is 26.5. The fourth-order valence-electron chi connectivity index (χ4n) is 7.91. The Morgan fingerprint density at radius 2 is 0.700 bits per heavy atom. The number of hydrogen-bond acceptors (Lipinski definition) is 3. The molecule has 0 radical (unpaired) electrons. The van der Waals surface area contributed by atoms with Gasteiger partial charge in [0.1, 0.15) is 0 Å². The van der Waals surface area contributed by atoms with E-state index in [1.807, 2.05) is 6.08 Å². The summed E-state index contributed by atoms with van der Waals surface area (Å²) >= 11 is 0. The fraction of sp³-hybridized carbons (Fsp3) is 0.804. The Balaban J connectivity index is 3.56. The Morgan fingerprint density at radius 1 is 0.400 bits per heavy atom. The molecule has 3 N–H and O–H groups in total. The molecule has 0 fully saturated rings. The summed E-state index contributed by atoms with van der Waals surface area (Å²) in [7, 11) is 0. The highest BCUT2D eigenvalue weighted by Gasteiger charge is 2.17. The summed E-state index contributed by atoms with van der Waals surface area (Å²) in [6, 6.07) is -0.649. The van der Waals surface area contributed by atoms with E-state index in [1.54, 1.807) is 6.08 Å². The predicted octanol–water partition coefficient (Wildman–Crippen LogP) is 17.2. The van der Waals surface area contributed by atoms with Crippen LogP contribution in [0.15, 0.2) is 60.8 Å². The number of carbonyl (C=O) groups is 1. The van der Waals surface area contributed by atoms with Crippen LogP contribution < -0.4 is 5.32 Å². The SMILES string of the molecule is CCCCC/C=C\C/C=C\C/C=C\CCCCCCCCC(=O)NC(CO)C(O)/C=C/CC/C=C/CCCCCCCCCCCCCCCCCCCCCCCCC. The molecule has 60 heavy (non-hydrogen) atoms. The van der Waals surface area contributed by atoms with E-state index >= 15 is 0 Å². The number of nitrogens with one attached hydrogen (secondary N) is 1. The molecule has 0 saturated heterocycles. The van der Waals surface area contributed by atoms with Crippen molar-refractivity contribution in [1.29, 1.82) is 0 Å². The quantitative estimate of drug-likeness (QED) is 0.0422. The van der Waals surface area contributed by atoms with Crippen LogP contribution in [0.25, 0.3) is 0 Å². The number of rotatable bonds is 48. The van der Waals surface area contributed by atoms with Crippen LogP contribution in [0.2, 0.25) is 0 Å². The minimum absolute atomic E-state index is 0.0859. The predicted molar refractivity (Wildman–Crippen MR) is 267 cm³/mol. The summed E-state index contributed by atoms with van der Waals surface area (Å²) in [4.78, 5) is 12.4. The lowest BCUT2D eigenvalue weighted by Crippen LogP contribution is -2.45. The molecular weight excluding hydrogens is 735 g/mol. The monoisotopic (exact) mass is 838 g/mol. The van der Waals surface area contributed by atoms with Gasteiger partial charge in [-0.2, -0.15) is 0 Å². The molecule has 0 heterocycles. The van der Waals surface area contributed by atoms with Gasteiger partial charge in [0, 0.05) is 6.42 Å². The van der Waals surface area contributed by atoms with Crippen molar-refractivity contribution in [2.45, 2.75) is 283 Å². The highest BCUT2D eigenvalue weighted by Crippen LogP contribution is 2.16. The van der Waals surface area contributed by atoms with Crippen molar-refractivity contribution < 1.29 is 15.0 Å². The lowest BCUT2D eigenvalue weighted by molar-refractivity contribution is -0.123. The van der Waals surface area contributed by atoms with Crippen LogP contribution in [-0.2, 0) is 4.79 Å². The van der Waals surface area contributed by atoms with Crippen LogP contribution in [0, 0.1) is 0 Å². The molecule has 4 heteroatoms. The molecule has 0 saturated carbocycles. The summed E-state index contributed by atoms with van der Waals surface area (Å²) in [6.07, 6.45) is 72.3. The van der Waals surface area contributed by atoms with Gasteiger partial charge in [0.05, 0.1) is 18.8 Å². The lowest BCUT2D eigenvalue weighted by atomic mass is 10.0. The number of carbonyl (C=O) groups excluding carboxylic acids is 1. The Kier molecular flexibility index (Phi) is 49.8. The molecule has 0 bridgehead atoms. The van der Waals surface area contributed by atoms with E-state index in [4.69, 9.17) is 0 Å². The Hall–Kier alpha value is -1.91. The second-order valence-electron chi connectivity index (χ2n) is 17.9. The molecule has 0 spiro atoms. The van der Waals surface area contributed by atoms with E-state index in [0.717, 1.165) is 57.8 Å². The third kappa shape index (κ3) is 47.1. The zero-order valence-electron chi connectivity index (χ0n) is 40.2. The van der Waals surface area contributed by atoms with E-state index < -0.39 is 12.1 Å². The van der Waals surface area contributed by atoms with E-state index in [0.29, 0.717) is 6.42 Å². The summed E-state index contributed by atoms with van der Waals surface area (Å²) in [5.41, 5.74) is 0. The van der Waals surface area contributed by atoms with Crippen LogP contribution in [0.4, 0.5) is 0 Å². The molecule has 0 aromatic heterocycles. The first-order chi connectivity index (χ1) is 29.7. The van der Waals surface area contributed by atoms with E-state index in [9.17, 15) is 15.0 Å². The average Bonchev–Trinajstić information content (AvgIpc) is 3.25. The van der Waals surface area contributed by atoms with Crippen LogP contribution in [0.5, 0.6) is 0 Å². The number of allylic oxidation sites excluding steroid dienone is 9. The van der Waals surface area contributed by atoms with Gasteiger partial charge in [-0.05, 0) is 70.6 Å². The second-order valence-corrected chi connectivity index (χ2v) is 17.9. The minimum Gasteiger partial charge on any atom is -0.394 e. The molecule has 1 amide bonds. The van der Waals surface area contributed by atoms with Crippen LogP contribution >= 0.6 is 0 Å². The van der Waals surface area contributed by atoms with Crippen molar-refractivity contribution in [3.05, 3.63) is 60.8 Å². The smallest absolute Gasteiger partial charge is 0.220 e. The fourth-order valence-corrected chi connectivity index (χ4v) is 7.91. The van der Waals surface area contributed by atoms with Gasteiger partial charge >= 0.3 is 0 Å². The Morgan fingerprint density at radius 3 is 1.12 bits per heavy atom. The van der Waals surface area contributed by atoms with Crippen molar-refractivity contribution in [3.8, 4) is 0 Å². The summed E-state index contributed by atoms with van der Waals surface area (Å²) in [6.45, 7) is 4.28. The Bertz CT molecular complexity index is 996. The van der Waals surface area contributed by atoms with Crippen molar-refractivity contribution in [1.82, 2.24) is 5.32 Å². The van der Waals surface area contributed by atoms with Crippen molar-refractivity contribution in [2.24, 2.45) is 0 Å². The second kappa shape index (κ2) is 51.4. The van der Waals surface area contributed by atoms with E-state index in [-0.39, 0.29) is 12.5 Å². The topological polar surface area (TPSA) is 69.6 Å². The minimum atomic E-state index is -0.871. The third-order valence-electron chi connectivity index (χ3n) is 12.0. The first kappa shape index (κ1) is 58.1. The Labute approximate surface area is 375 Å². The molecule has 0 aromatic carbocycles. The zero-order valence-corrected chi connectivity index (χ0v) is 40.2. The van der Waals surface area contributed by atoms with Gasteiger partial charge in [-0.1, -0.05) is 254 Å². The van der Waals surface area contributed by atoms with Crippen molar-refractivity contribution >= 4 is 5.91 Å². The maximum Gasteiger partial charge on any atom is 0.220 e. The largest absolute Gasteiger partial charge is 0.394 e. The highest BCUT2D eigenvalue weighted by molar-refractivity contribution is 5.76. The number of unbranched alkanes of at least 4 members (excludes halogenated alkanes) is 33. The summed E-state index contributed by atoms with van der Waals surface area (Å²) < 4.78 is 0. The zero-order chi connectivity index (χ0) is 43.5. The van der Waals surface area contributed by atoms with E-state index in [1.165, 1.54) is 193 Å². The maximum atomic E-state index is 12.4. The normalized spacial score (nSPS) is 13.3. The molecule has 4 nitrogen and oxygen atoms in total. The molecule has 350 valence electrons. The molecule has 0 aromatic rings. The van der Waals surface area contributed by atoms with Gasteiger partial charge in [-0.3, -0.25) is 4.79 Å². The van der Waals surface area contributed by atoms with Crippen LogP contribution in [0.3, 0.4) is 0 Å². The highest BCUT2D eigenvalue weighted by atomic mass is 16.3. The summed E-state index contributed by atoms with van der Waals surface area (Å²) in [5.74, 6) is -0.0859. The molecule has 0 aliphatic carbocycles. The van der Waals surface area contributed by atoms with Gasteiger partial charge in [0.2, 0.25) is 5.91 Å². The van der Waals surface area contributed by atoms with Gasteiger partial charge in [-0.25, -0.2) is 0 Å². The van der Waals surface area contributed by atoms with Gasteiger partial charge in [-0.15, -0.1) is 0 Å². The van der Waals surface area contributed by atoms with Crippen molar-refractivity contribution in [3.63, 3.8) is 0 Å². The molecule has 0 aliphatic rings. The van der Waals surface area contributed by atoms with Gasteiger partial charge < -0.3 is 15.5 Å². The lowest BCUT2D eigenvalue weighted by Gasteiger charge is -2.19. The van der Waals surface area contributed by atoms with Crippen LogP contribution in [0.1, 0.15) is 271 Å². The maximum absolute atomic E-state index is 12.4. The number of aliphatic hydroxyl groups excluding tert-OH is 2. The molecule has 0 aliphatic heterocycles. The number of aliphatic hydroxyl groups is 2. The first-order valence-electron chi connectivity index (χ1n) is 26.5. The molecule has 2 unspecified atom stereocenters. The summed E-state index contributed by atoms with van der Waals surface area (Å²) in [5, 5.41) is 23.1. The third-order valence-corrected chi connectivity index (χ3v) is 12.0. The van der Waals surface area contributed by atoms with Crippen molar-refractivity contribution in [2.75, 3.05) is 6.61 Å². The molecule has 0 rings (SSSR count). The van der Waals surface area contributed by atoms with E-state index in [2.05, 4.69) is 67.8 Å². The average molecular weight is 838 g/mol. The standard InChI is InChI=1S/C56H103NO3/c1-3-5-7-9-11-13-15-17-19-21-23-24-25-26-27-28-29-30-31-32-34-35-37-39-41-43-45-47-49-51-55(59)54(53-58)57-56(60)52-50-48-46-44-42-40-38-36-33-22-20-18-16-14-12-10-8-6-4-2/h12,14,18,20,33,36,41,43,49,51,54-55,58-59H,3-11,13,15-17,19,21-32,34-35,37-40,42,44-48,50,52-53H2,1-2H3,(H,57,60)/b14-12-,20-18-,36-33-,43-41+,51-49+. The molecule has 2 atom stereocenters. The van der Waals surface area contributed by atoms with Gasteiger partial charge in [0.25, 0.3) is 0 Å². The number of amides is 1. The van der Waals surface area contributed by atoms with Gasteiger partial charge in [0.15, 0.2) is 0 Å². The molecular formula is C56H103NO3.